The highest BCUT2D eigenvalue weighted by atomic mass is 79.9. The molecule has 1 rings (SSSR count). The van der Waals surface area contributed by atoms with Crippen LogP contribution in [0, 0.1) is 11.3 Å². The Bertz CT molecular complexity index is 341. The Morgan fingerprint density at radius 2 is 2.33 bits per heavy atom. The van der Waals surface area contributed by atoms with Gasteiger partial charge in [-0.15, -0.1) is 0 Å². The zero-order chi connectivity index (χ0) is 8.97. The molecular formula is C8H6BrNO2. The molecule has 12 heavy (non-hydrogen) atoms. The van der Waals surface area contributed by atoms with Gasteiger partial charge in [-0.1, -0.05) is 6.07 Å². The molecule has 4 heteroatoms. The van der Waals surface area contributed by atoms with Gasteiger partial charge >= 0.3 is 6.07 Å². The van der Waals surface area contributed by atoms with Crippen LogP contribution < -0.4 is 4.74 Å². The van der Waals surface area contributed by atoms with Crippen molar-refractivity contribution >= 4 is 15.9 Å². The number of benzene rings is 1. The van der Waals surface area contributed by atoms with Gasteiger partial charge in [0.15, 0.2) is 5.56 Å². The average Bonchev–Trinajstić information content (AvgIpc) is 2.09. The van der Waals surface area contributed by atoms with Gasteiger partial charge in [-0.2, -0.15) is 0 Å². The van der Waals surface area contributed by atoms with E-state index in [2.05, 4.69) is 27.0 Å². The highest BCUT2D eigenvalue weighted by molar-refractivity contribution is 9.10. The van der Waals surface area contributed by atoms with Crippen LogP contribution in [0.1, 0.15) is 5.56 Å². The van der Waals surface area contributed by atoms with Crippen molar-refractivity contribution in [3.8, 4) is 11.8 Å². The van der Waals surface area contributed by atoms with Gasteiger partial charge in [0.2, 0.25) is 0 Å². The predicted molar refractivity (Wildman–Crippen MR) is 50.4 cm³/mol. The maximum absolute atomic E-state index is 9.96. The lowest BCUT2D eigenvalue weighted by molar-refractivity contribution is 0.413. The molecule has 0 saturated carbocycles. The molecule has 62 valence electrons. The van der Waals surface area contributed by atoms with Crippen molar-refractivity contribution in [1.29, 1.82) is 0 Å². The molecule has 3 nitrogen and oxygen atoms in total. The van der Waals surface area contributed by atoms with Crippen molar-refractivity contribution in [2.24, 2.45) is 0 Å². The first-order valence-corrected chi connectivity index (χ1v) is 3.99. The van der Waals surface area contributed by atoms with E-state index in [0.29, 0.717) is 11.3 Å². The summed E-state index contributed by atoms with van der Waals surface area (Å²) >= 11 is 3.25. The SMILES string of the molecule is COc1cccc(Br)c1C#[N+][O-]. The first-order chi connectivity index (χ1) is 5.79. The first-order valence-electron chi connectivity index (χ1n) is 3.20. The smallest absolute Gasteiger partial charge is 0.341 e. The van der Waals surface area contributed by atoms with E-state index < -0.39 is 0 Å². The van der Waals surface area contributed by atoms with Gasteiger partial charge in [0.25, 0.3) is 0 Å². The largest absolute Gasteiger partial charge is 0.498 e. The van der Waals surface area contributed by atoms with Crippen LogP contribution in [-0.2, 0) is 0 Å². The summed E-state index contributed by atoms with van der Waals surface area (Å²) in [6, 6.07) is 7.62. The maximum atomic E-state index is 9.96. The molecule has 0 saturated heterocycles. The molecule has 0 amide bonds. The van der Waals surface area contributed by atoms with Crippen molar-refractivity contribution in [2.45, 2.75) is 0 Å². The highest BCUT2D eigenvalue weighted by Crippen LogP contribution is 2.25. The zero-order valence-electron chi connectivity index (χ0n) is 6.37. The topological polar surface area (TPSA) is 36.6 Å². The second-order valence-corrected chi connectivity index (χ2v) is 2.87. The third-order valence-electron chi connectivity index (χ3n) is 1.35. The Kier molecular flexibility index (Phi) is 2.94. The summed E-state index contributed by atoms with van der Waals surface area (Å²) in [5.74, 6) is 0.573. The van der Waals surface area contributed by atoms with Crippen LogP contribution in [0.3, 0.4) is 0 Å². The number of rotatable bonds is 1. The minimum atomic E-state index is 0.537. The number of hydrogen-bond donors (Lipinski definition) is 0. The van der Waals surface area contributed by atoms with Crippen LogP contribution in [0.2, 0.25) is 0 Å². The Morgan fingerprint density at radius 3 is 2.92 bits per heavy atom. The van der Waals surface area contributed by atoms with Crippen LogP contribution >= 0.6 is 15.9 Å². The highest BCUT2D eigenvalue weighted by Gasteiger charge is 2.08. The minimum Gasteiger partial charge on any atom is -0.498 e. The normalized spacial score (nSPS) is 8.50. The summed E-state index contributed by atoms with van der Waals surface area (Å²) in [7, 11) is 1.53. The van der Waals surface area contributed by atoms with Gasteiger partial charge in [-0.25, -0.2) is 0 Å². The molecule has 0 fully saturated rings. The van der Waals surface area contributed by atoms with Crippen LogP contribution in [0.15, 0.2) is 22.7 Å². The number of ether oxygens (including phenoxy) is 1. The van der Waals surface area contributed by atoms with Gasteiger partial charge < -0.3 is 9.94 Å². The van der Waals surface area contributed by atoms with Crippen LogP contribution in [0.4, 0.5) is 0 Å². The molecule has 1 aromatic carbocycles. The third-order valence-corrected chi connectivity index (χ3v) is 2.01. The molecule has 1 aromatic rings. The molecule has 0 spiro atoms. The predicted octanol–water partition coefficient (Wildman–Crippen LogP) is 2.64. The number of nitrogens with zero attached hydrogens (tertiary/aromatic N) is 1. The summed E-state index contributed by atoms with van der Waals surface area (Å²) < 4.78 is 5.72. The van der Waals surface area contributed by atoms with Crippen molar-refractivity contribution in [3.63, 3.8) is 0 Å². The molecule has 0 aromatic heterocycles. The van der Waals surface area contributed by atoms with Crippen molar-refractivity contribution in [1.82, 2.24) is 0 Å². The fraction of sp³-hybridized carbons (Fsp3) is 0.125. The lowest BCUT2D eigenvalue weighted by Gasteiger charge is -2.00. The molecule has 0 atom stereocenters. The lowest BCUT2D eigenvalue weighted by atomic mass is 10.2. The number of methoxy groups -OCH3 is 1. The number of hydrogen-bond acceptors (Lipinski definition) is 2. The van der Waals surface area contributed by atoms with Crippen LogP contribution in [0.25, 0.3) is 5.01 Å². The van der Waals surface area contributed by atoms with Gasteiger partial charge in [0, 0.05) is 9.48 Å². The summed E-state index contributed by atoms with van der Waals surface area (Å²) in [5.41, 5.74) is 0.537. The van der Waals surface area contributed by atoms with E-state index >= 15 is 0 Å². The Hall–Kier alpha value is -1.21. The van der Waals surface area contributed by atoms with E-state index in [9.17, 15) is 5.21 Å². The molecule has 0 heterocycles. The monoisotopic (exact) mass is 227 g/mol. The van der Waals surface area contributed by atoms with E-state index in [-0.39, 0.29) is 0 Å². The fourth-order valence-corrected chi connectivity index (χ4v) is 1.27. The van der Waals surface area contributed by atoms with Crippen molar-refractivity contribution in [3.05, 3.63) is 38.5 Å². The van der Waals surface area contributed by atoms with E-state index in [1.165, 1.54) is 7.11 Å². The van der Waals surface area contributed by atoms with E-state index in [0.717, 1.165) is 4.47 Å². The standard InChI is InChI=1S/C8H6BrNO2/c1-12-8-4-2-3-7(9)6(8)5-10-11/h2-4H,1H3. The minimum absolute atomic E-state index is 0.537. The molecule has 0 aliphatic carbocycles. The maximum Gasteiger partial charge on any atom is 0.341 e. The Morgan fingerprint density at radius 1 is 1.58 bits per heavy atom. The van der Waals surface area contributed by atoms with Gasteiger partial charge in [-0.3, -0.25) is 0 Å². The summed E-state index contributed by atoms with van der Waals surface area (Å²) in [4.78, 5) is 0. The van der Waals surface area contributed by atoms with Gasteiger partial charge in [-0.05, 0) is 28.1 Å². The van der Waals surface area contributed by atoms with E-state index in [1.54, 1.807) is 18.2 Å². The average molecular weight is 228 g/mol. The number of halogens is 1. The summed E-state index contributed by atoms with van der Waals surface area (Å²) in [5, 5.41) is 12.5. The Balaban J connectivity index is 3.26. The second-order valence-electron chi connectivity index (χ2n) is 2.02. The molecule has 0 N–H and O–H groups in total. The lowest BCUT2D eigenvalue weighted by Crippen LogP contribution is -1.87. The van der Waals surface area contributed by atoms with Crippen molar-refractivity contribution in [2.75, 3.05) is 7.11 Å². The van der Waals surface area contributed by atoms with Crippen molar-refractivity contribution < 1.29 is 4.74 Å². The molecule has 0 radical (unpaired) electrons. The molecule has 0 bridgehead atoms. The Labute approximate surface area is 78.5 Å². The van der Waals surface area contributed by atoms with Crippen LogP contribution in [0.5, 0.6) is 5.75 Å². The molecular weight excluding hydrogens is 222 g/mol. The quantitative estimate of drug-likeness (QED) is 0.692. The summed E-state index contributed by atoms with van der Waals surface area (Å²) in [6.07, 6.45) is 0. The molecule has 0 aliphatic heterocycles. The zero-order valence-corrected chi connectivity index (χ0v) is 7.96. The fourth-order valence-electron chi connectivity index (χ4n) is 0.829. The molecule has 0 aliphatic rings. The summed E-state index contributed by atoms with van der Waals surface area (Å²) in [6.45, 7) is 0. The third kappa shape index (κ3) is 1.69. The van der Waals surface area contributed by atoms with Crippen LogP contribution in [-0.4, -0.2) is 7.11 Å². The first kappa shape index (κ1) is 8.88. The van der Waals surface area contributed by atoms with Gasteiger partial charge in [0.05, 0.1) is 7.11 Å². The van der Waals surface area contributed by atoms with E-state index in [1.807, 2.05) is 0 Å². The van der Waals surface area contributed by atoms with E-state index in [4.69, 9.17) is 4.74 Å². The molecule has 0 unspecified atom stereocenters. The second kappa shape index (κ2) is 3.98. The van der Waals surface area contributed by atoms with Gasteiger partial charge in [0.1, 0.15) is 5.75 Å².